The van der Waals surface area contributed by atoms with Crippen molar-refractivity contribution in [3.63, 3.8) is 0 Å². The molecule has 1 saturated carbocycles. The van der Waals surface area contributed by atoms with Gasteiger partial charge in [0.1, 0.15) is 5.75 Å². The van der Waals surface area contributed by atoms with Crippen LogP contribution in [0.2, 0.25) is 0 Å². The molecule has 0 aromatic heterocycles. The minimum absolute atomic E-state index is 0.836. The van der Waals surface area contributed by atoms with Gasteiger partial charge in [-0.15, -0.1) is 0 Å². The van der Waals surface area contributed by atoms with E-state index in [1.165, 1.54) is 12.8 Å². The molecule has 0 unspecified atom stereocenters. The Morgan fingerprint density at radius 2 is 1.83 bits per heavy atom. The molecule has 0 amide bonds. The third-order valence-corrected chi connectivity index (χ3v) is 3.31. The number of benzene rings is 1. The molecule has 18 heavy (non-hydrogen) atoms. The molecule has 0 atom stereocenters. The number of oxime groups is 1. The van der Waals surface area contributed by atoms with E-state index in [0.29, 0.717) is 0 Å². The maximum atomic E-state index is 9.07. The van der Waals surface area contributed by atoms with Gasteiger partial charge in [-0.05, 0) is 55.0 Å². The fraction of sp³-hybridized carbons (Fsp3) is 0.400. The second-order valence-electron chi connectivity index (χ2n) is 4.55. The van der Waals surface area contributed by atoms with E-state index in [1.54, 1.807) is 7.11 Å². The van der Waals surface area contributed by atoms with Crippen LogP contribution in [0, 0.1) is 0 Å². The van der Waals surface area contributed by atoms with Crippen LogP contribution >= 0.6 is 0 Å². The maximum absolute atomic E-state index is 9.07. The lowest BCUT2D eigenvalue weighted by molar-refractivity contribution is 0.318. The summed E-state index contributed by atoms with van der Waals surface area (Å²) < 4.78 is 5.14. The molecular formula is C15H19NO2. The highest BCUT2D eigenvalue weighted by atomic mass is 16.5. The summed E-state index contributed by atoms with van der Waals surface area (Å²) in [5.41, 5.74) is 3.11. The SMILES string of the molecule is COc1ccc(C=C2CCCCCC2=NO)cc1. The van der Waals surface area contributed by atoms with Gasteiger partial charge in [0, 0.05) is 0 Å². The second-order valence-corrected chi connectivity index (χ2v) is 4.55. The molecule has 0 spiro atoms. The molecule has 1 aliphatic carbocycles. The lowest BCUT2D eigenvalue weighted by Gasteiger charge is -2.05. The molecule has 0 saturated heterocycles. The molecule has 0 bridgehead atoms. The van der Waals surface area contributed by atoms with Gasteiger partial charge in [-0.25, -0.2) is 0 Å². The van der Waals surface area contributed by atoms with Gasteiger partial charge < -0.3 is 9.94 Å². The average Bonchev–Trinajstić information content (AvgIpc) is 2.64. The highest BCUT2D eigenvalue weighted by molar-refractivity contribution is 6.03. The van der Waals surface area contributed by atoms with Crippen molar-refractivity contribution in [2.45, 2.75) is 32.1 Å². The highest BCUT2D eigenvalue weighted by Gasteiger charge is 2.12. The molecule has 1 N–H and O–H groups in total. The van der Waals surface area contributed by atoms with Gasteiger partial charge in [-0.1, -0.05) is 23.7 Å². The number of ether oxygens (including phenoxy) is 1. The lowest BCUT2D eigenvalue weighted by atomic mass is 10.0. The monoisotopic (exact) mass is 245 g/mol. The summed E-state index contributed by atoms with van der Waals surface area (Å²) in [7, 11) is 1.66. The Labute approximate surface area is 108 Å². The van der Waals surface area contributed by atoms with Gasteiger partial charge in [0.2, 0.25) is 0 Å². The van der Waals surface area contributed by atoms with E-state index in [4.69, 9.17) is 9.94 Å². The summed E-state index contributed by atoms with van der Waals surface area (Å²) in [6.45, 7) is 0. The maximum Gasteiger partial charge on any atom is 0.118 e. The fourth-order valence-corrected chi connectivity index (χ4v) is 2.26. The van der Waals surface area contributed by atoms with Crippen molar-refractivity contribution in [3.8, 4) is 5.75 Å². The van der Waals surface area contributed by atoms with E-state index in [9.17, 15) is 0 Å². The van der Waals surface area contributed by atoms with E-state index >= 15 is 0 Å². The second kappa shape index (κ2) is 6.24. The summed E-state index contributed by atoms with van der Waals surface area (Å²) in [5, 5.41) is 12.5. The lowest BCUT2D eigenvalue weighted by Crippen LogP contribution is -2.00. The van der Waals surface area contributed by atoms with Gasteiger partial charge >= 0.3 is 0 Å². The summed E-state index contributed by atoms with van der Waals surface area (Å²) in [4.78, 5) is 0. The number of hydrogen-bond donors (Lipinski definition) is 1. The van der Waals surface area contributed by atoms with E-state index in [1.807, 2.05) is 24.3 Å². The predicted octanol–water partition coefficient (Wildman–Crippen LogP) is 3.87. The number of rotatable bonds is 2. The third kappa shape index (κ3) is 3.13. The summed E-state index contributed by atoms with van der Waals surface area (Å²) in [5.74, 6) is 0.856. The Balaban J connectivity index is 2.23. The molecule has 1 fully saturated rings. The van der Waals surface area contributed by atoms with Crippen LogP contribution in [0.1, 0.15) is 37.7 Å². The van der Waals surface area contributed by atoms with Gasteiger partial charge in [0.25, 0.3) is 0 Å². The molecule has 1 aromatic carbocycles. The Morgan fingerprint density at radius 1 is 1.11 bits per heavy atom. The summed E-state index contributed by atoms with van der Waals surface area (Å²) in [6, 6.07) is 7.93. The van der Waals surface area contributed by atoms with Crippen molar-refractivity contribution >= 4 is 11.8 Å². The van der Waals surface area contributed by atoms with Crippen LogP contribution in [-0.2, 0) is 0 Å². The zero-order valence-corrected chi connectivity index (χ0v) is 10.7. The van der Waals surface area contributed by atoms with Gasteiger partial charge in [-0.3, -0.25) is 0 Å². The first kappa shape index (κ1) is 12.7. The van der Waals surface area contributed by atoms with E-state index < -0.39 is 0 Å². The molecule has 2 rings (SSSR count). The van der Waals surface area contributed by atoms with Crippen molar-refractivity contribution in [1.82, 2.24) is 0 Å². The first-order chi connectivity index (χ1) is 8.83. The molecule has 0 radical (unpaired) electrons. The molecule has 1 aliphatic rings. The first-order valence-corrected chi connectivity index (χ1v) is 6.39. The molecule has 1 aromatic rings. The van der Waals surface area contributed by atoms with Crippen LogP contribution in [0.3, 0.4) is 0 Å². The number of allylic oxidation sites excluding steroid dienone is 1. The first-order valence-electron chi connectivity index (χ1n) is 6.39. The Kier molecular flexibility index (Phi) is 4.40. The Hall–Kier alpha value is -1.77. The van der Waals surface area contributed by atoms with Crippen molar-refractivity contribution in [3.05, 3.63) is 35.4 Å². The molecule has 3 heteroatoms. The number of hydrogen-bond acceptors (Lipinski definition) is 3. The van der Waals surface area contributed by atoms with Crippen molar-refractivity contribution in [1.29, 1.82) is 0 Å². The van der Waals surface area contributed by atoms with Crippen LogP contribution in [-0.4, -0.2) is 18.0 Å². The smallest absolute Gasteiger partial charge is 0.118 e. The quantitative estimate of drug-likeness (QED) is 0.488. The molecule has 0 heterocycles. The molecular weight excluding hydrogens is 226 g/mol. The number of methoxy groups -OCH3 is 1. The predicted molar refractivity (Wildman–Crippen MR) is 73.3 cm³/mol. The van der Waals surface area contributed by atoms with E-state index in [2.05, 4.69) is 11.2 Å². The summed E-state index contributed by atoms with van der Waals surface area (Å²) >= 11 is 0. The molecule has 3 nitrogen and oxygen atoms in total. The minimum Gasteiger partial charge on any atom is -0.497 e. The van der Waals surface area contributed by atoms with Crippen molar-refractivity contribution in [2.75, 3.05) is 7.11 Å². The van der Waals surface area contributed by atoms with Crippen LogP contribution in [0.15, 0.2) is 35.0 Å². The number of nitrogens with zero attached hydrogens (tertiary/aromatic N) is 1. The highest BCUT2D eigenvalue weighted by Crippen LogP contribution is 2.23. The van der Waals surface area contributed by atoms with E-state index in [-0.39, 0.29) is 0 Å². The third-order valence-electron chi connectivity index (χ3n) is 3.31. The Bertz CT molecular complexity index is 446. The van der Waals surface area contributed by atoms with E-state index in [0.717, 1.165) is 41.9 Å². The molecule has 0 aliphatic heterocycles. The molecule has 96 valence electrons. The standard InChI is InChI=1S/C15H19NO2/c1-18-14-9-7-12(8-10-14)11-13-5-3-2-4-6-15(13)16-17/h7-11,17H,2-6H2,1H3. The zero-order valence-electron chi connectivity index (χ0n) is 10.7. The summed E-state index contributed by atoms with van der Waals surface area (Å²) in [6.07, 6.45) is 7.46. The van der Waals surface area contributed by atoms with Crippen LogP contribution in [0.5, 0.6) is 5.75 Å². The van der Waals surface area contributed by atoms with Crippen LogP contribution < -0.4 is 4.74 Å². The van der Waals surface area contributed by atoms with Crippen LogP contribution in [0.4, 0.5) is 0 Å². The average molecular weight is 245 g/mol. The van der Waals surface area contributed by atoms with Gasteiger partial charge in [0.15, 0.2) is 0 Å². The zero-order chi connectivity index (χ0) is 12.8. The normalized spacial score (nSPS) is 20.9. The van der Waals surface area contributed by atoms with Gasteiger partial charge in [-0.2, -0.15) is 0 Å². The van der Waals surface area contributed by atoms with Gasteiger partial charge in [0.05, 0.1) is 12.8 Å². The van der Waals surface area contributed by atoms with Crippen molar-refractivity contribution in [2.24, 2.45) is 5.16 Å². The minimum atomic E-state index is 0.836. The fourth-order valence-electron chi connectivity index (χ4n) is 2.26. The Morgan fingerprint density at radius 3 is 2.50 bits per heavy atom. The largest absolute Gasteiger partial charge is 0.497 e. The van der Waals surface area contributed by atoms with Crippen LogP contribution in [0.25, 0.3) is 6.08 Å². The van der Waals surface area contributed by atoms with Crippen molar-refractivity contribution < 1.29 is 9.94 Å². The topological polar surface area (TPSA) is 41.8 Å².